The van der Waals surface area contributed by atoms with E-state index in [1.54, 1.807) is 30.3 Å². The number of allylic oxidation sites excluding steroid dienone is 2. The Morgan fingerprint density at radius 1 is 1.00 bits per heavy atom. The summed E-state index contributed by atoms with van der Waals surface area (Å²) in [6.07, 6.45) is 5.74. The van der Waals surface area contributed by atoms with E-state index in [1.807, 2.05) is 51.1 Å². The van der Waals surface area contributed by atoms with Crippen LogP contribution in [0.5, 0.6) is 11.5 Å². The largest absolute Gasteiger partial charge is 0.483 e. The SMILES string of the molecule is C=CC(C)(CCC=C(C)C)Oc1ccc2c(c1)[nH]c1c(OS(=O)(=O)c3ccc(C)cc3)cc(C)cc12. The van der Waals surface area contributed by atoms with Gasteiger partial charge in [0.25, 0.3) is 0 Å². The summed E-state index contributed by atoms with van der Waals surface area (Å²) in [4.78, 5) is 3.47. The summed E-state index contributed by atoms with van der Waals surface area (Å²) in [6, 6.07) is 16.2. The molecule has 3 aromatic carbocycles. The number of hydrogen-bond acceptors (Lipinski definition) is 4. The number of H-pyrrole nitrogens is 1. The molecule has 1 atom stereocenters. The van der Waals surface area contributed by atoms with E-state index in [2.05, 4.69) is 31.5 Å². The lowest BCUT2D eigenvalue weighted by Gasteiger charge is -2.27. The quantitative estimate of drug-likeness (QED) is 0.187. The van der Waals surface area contributed by atoms with Crippen LogP contribution in [-0.4, -0.2) is 19.0 Å². The molecule has 0 saturated heterocycles. The maximum Gasteiger partial charge on any atom is 0.339 e. The van der Waals surface area contributed by atoms with Crippen molar-refractivity contribution >= 4 is 31.9 Å². The molecule has 5 nitrogen and oxygen atoms in total. The van der Waals surface area contributed by atoms with Crippen molar-refractivity contribution in [2.24, 2.45) is 0 Å². The third-order valence-corrected chi connectivity index (χ3v) is 7.52. The lowest BCUT2D eigenvalue weighted by Crippen LogP contribution is -2.29. The first-order chi connectivity index (χ1) is 17.0. The van der Waals surface area contributed by atoms with Gasteiger partial charge in [0.05, 0.1) is 11.0 Å². The molecule has 1 heterocycles. The second-order valence-electron chi connectivity index (χ2n) is 9.81. The summed E-state index contributed by atoms with van der Waals surface area (Å²) in [5.41, 5.74) is 4.10. The fraction of sp³-hybridized carbons (Fsp3) is 0.267. The highest BCUT2D eigenvalue weighted by Gasteiger charge is 2.23. The number of nitrogens with one attached hydrogen (secondary N) is 1. The maximum atomic E-state index is 13.0. The molecular weight excluding hydrogens is 470 g/mol. The average molecular weight is 504 g/mol. The second kappa shape index (κ2) is 9.86. The van der Waals surface area contributed by atoms with Crippen LogP contribution in [0.4, 0.5) is 0 Å². The van der Waals surface area contributed by atoms with Crippen molar-refractivity contribution in [1.82, 2.24) is 4.98 Å². The van der Waals surface area contributed by atoms with Crippen molar-refractivity contribution in [3.63, 3.8) is 0 Å². The van der Waals surface area contributed by atoms with Crippen LogP contribution in [0.15, 0.2) is 83.8 Å². The minimum atomic E-state index is -3.99. The number of aryl methyl sites for hydroxylation is 2. The van der Waals surface area contributed by atoms with Gasteiger partial charge in [-0.05, 0) is 95.5 Å². The number of aromatic nitrogens is 1. The van der Waals surface area contributed by atoms with E-state index in [0.717, 1.165) is 40.3 Å². The highest BCUT2D eigenvalue weighted by Crippen LogP contribution is 2.36. The number of fused-ring (bicyclic) bond motifs is 3. The first-order valence-corrected chi connectivity index (χ1v) is 13.4. The normalized spacial score (nSPS) is 13.4. The van der Waals surface area contributed by atoms with E-state index in [0.29, 0.717) is 11.3 Å². The summed E-state index contributed by atoms with van der Waals surface area (Å²) >= 11 is 0. The van der Waals surface area contributed by atoms with Gasteiger partial charge in [-0.3, -0.25) is 0 Å². The van der Waals surface area contributed by atoms with Crippen molar-refractivity contribution in [2.45, 2.75) is 58.0 Å². The molecule has 0 fully saturated rings. The molecule has 0 aliphatic rings. The highest BCUT2D eigenvalue weighted by molar-refractivity contribution is 7.87. The Balaban J connectivity index is 1.70. The molecule has 0 bridgehead atoms. The summed E-state index contributed by atoms with van der Waals surface area (Å²) < 4.78 is 38.0. The second-order valence-corrected chi connectivity index (χ2v) is 11.4. The van der Waals surface area contributed by atoms with Crippen LogP contribution in [0.25, 0.3) is 21.8 Å². The Labute approximate surface area is 213 Å². The summed E-state index contributed by atoms with van der Waals surface area (Å²) in [6.45, 7) is 14.0. The molecule has 0 aliphatic carbocycles. The van der Waals surface area contributed by atoms with E-state index >= 15 is 0 Å². The molecule has 4 aromatic rings. The number of ether oxygens (including phenoxy) is 1. The van der Waals surface area contributed by atoms with Gasteiger partial charge in [0, 0.05) is 16.8 Å². The van der Waals surface area contributed by atoms with Gasteiger partial charge in [0.2, 0.25) is 0 Å². The first-order valence-electron chi connectivity index (χ1n) is 12.0. The molecule has 1 unspecified atom stereocenters. The van der Waals surface area contributed by atoms with Gasteiger partial charge in [0.1, 0.15) is 16.2 Å². The summed E-state index contributed by atoms with van der Waals surface area (Å²) in [7, 11) is -3.99. The number of aromatic amines is 1. The Morgan fingerprint density at radius 3 is 2.39 bits per heavy atom. The fourth-order valence-electron chi connectivity index (χ4n) is 4.20. The van der Waals surface area contributed by atoms with Gasteiger partial charge < -0.3 is 13.9 Å². The topological polar surface area (TPSA) is 68.4 Å². The summed E-state index contributed by atoms with van der Waals surface area (Å²) in [5, 5.41) is 1.85. The molecule has 0 spiro atoms. The van der Waals surface area contributed by atoms with Crippen LogP contribution >= 0.6 is 0 Å². The monoisotopic (exact) mass is 503 g/mol. The van der Waals surface area contributed by atoms with Crippen LogP contribution < -0.4 is 8.92 Å². The molecule has 4 rings (SSSR count). The predicted octanol–water partition coefficient (Wildman–Crippen LogP) is 7.78. The standard InChI is InChI=1S/C30H33NO4S/c1-7-30(6,16-8-9-20(2)3)34-23-12-15-25-26-17-22(5)18-28(29(26)31-27(25)19-23)35-36(32,33)24-13-10-21(4)11-14-24/h7,9-15,17-19,31H,1,8,16H2,2-6H3. The zero-order chi connectivity index (χ0) is 26.1. The van der Waals surface area contributed by atoms with Gasteiger partial charge in [-0.1, -0.05) is 35.9 Å². The van der Waals surface area contributed by atoms with E-state index < -0.39 is 15.7 Å². The molecule has 0 amide bonds. The van der Waals surface area contributed by atoms with E-state index in [9.17, 15) is 8.42 Å². The zero-order valence-electron chi connectivity index (χ0n) is 21.5. The minimum absolute atomic E-state index is 0.117. The van der Waals surface area contributed by atoms with Crippen molar-refractivity contribution in [2.75, 3.05) is 0 Å². The van der Waals surface area contributed by atoms with Crippen molar-refractivity contribution in [3.05, 3.63) is 90.0 Å². The van der Waals surface area contributed by atoms with Gasteiger partial charge in [-0.25, -0.2) is 0 Å². The molecule has 1 N–H and O–H groups in total. The van der Waals surface area contributed by atoms with Crippen LogP contribution in [0.1, 0.15) is 44.7 Å². The van der Waals surface area contributed by atoms with E-state index in [1.165, 1.54) is 5.57 Å². The van der Waals surface area contributed by atoms with E-state index in [-0.39, 0.29) is 10.6 Å². The first kappa shape index (κ1) is 25.6. The van der Waals surface area contributed by atoms with E-state index in [4.69, 9.17) is 8.92 Å². The average Bonchev–Trinajstić information content (AvgIpc) is 3.16. The third-order valence-electron chi connectivity index (χ3n) is 6.27. The molecule has 0 aliphatic heterocycles. The number of benzene rings is 3. The van der Waals surface area contributed by atoms with Crippen molar-refractivity contribution in [1.29, 1.82) is 0 Å². The van der Waals surface area contributed by atoms with Crippen molar-refractivity contribution < 1.29 is 17.3 Å². The molecular formula is C30H33NO4S. The predicted molar refractivity (Wildman–Crippen MR) is 147 cm³/mol. The Kier molecular flexibility index (Phi) is 7.01. The van der Waals surface area contributed by atoms with Gasteiger partial charge in [-0.15, -0.1) is 0 Å². The zero-order valence-corrected chi connectivity index (χ0v) is 22.3. The van der Waals surface area contributed by atoms with Crippen LogP contribution in [0, 0.1) is 13.8 Å². The van der Waals surface area contributed by atoms with Gasteiger partial charge in [-0.2, -0.15) is 8.42 Å². The highest BCUT2D eigenvalue weighted by atomic mass is 32.2. The molecule has 188 valence electrons. The smallest absolute Gasteiger partial charge is 0.339 e. The van der Waals surface area contributed by atoms with Crippen molar-refractivity contribution in [3.8, 4) is 11.5 Å². The van der Waals surface area contributed by atoms with Crippen LogP contribution in [0.3, 0.4) is 0 Å². The number of hydrogen-bond donors (Lipinski definition) is 1. The Bertz CT molecular complexity index is 1560. The van der Waals surface area contributed by atoms with Gasteiger partial charge >= 0.3 is 10.1 Å². The number of rotatable bonds is 9. The van der Waals surface area contributed by atoms with Crippen LogP contribution in [0.2, 0.25) is 0 Å². The van der Waals surface area contributed by atoms with Crippen LogP contribution in [-0.2, 0) is 10.1 Å². The maximum absolute atomic E-state index is 13.0. The molecule has 0 radical (unpaired) electrons. The Hall–Kier alpha value is -3.51. The minimum Gasteiger partial charge on any atom is -0.483 e. The lowest BCUT2D eigenvalue weighted by atomic mass is 9.99. The molecule has 0 saturated carbocycles. The summed E-state index contributed by atoms with van der Waals surface area (Å²) in [5.74, 6) is 0.974. The van der Waals surface area contributed by atoms with Gasteiger partial charge in [0.15, 0.2) is 5.75 Å². The lowest BCUT2D eigenvalue weighted by molar-refractivity contribution is 0.132. The Morgan fingerprint density at radius 2 is 1.72 bits per heavy atom. The molecule has 6 heteroatoms. The molecule has 36 heavy (non-hydrogen) atoms. The molecule has 1 aromatic heterocycles. The third kappa shape index (κ3) is 5.49. The fourth-order valence-corrected chi connectivity index (χ4v) is 5.14.